The summed E-state index contributed by atoms with van der Waals surface area (Å²) in [5, 5.41) is 16.9. The number of hydrogen-bond acceptors (Lipinski definition) is 3. The number of aromatic nitrogens is 3. The first-order chi connectivity index (χ1) is 12.7. The lowest BCUT2D eigenvalue weighted by atomic mass is 10.2. The summed E-state index contributed by atoms with van der Waals surface area (Å²) >= 11 is 0. The number of carbonyl (C=O) groups is 1. The van der Waals surface area contributed by atoms with E-state index in [2.05, 4.69) is 46.3 Å². The summed E-state index contributed by atoms with van der Waals surface area (Å²) in [6, 6.07) is 10.4. The highest BCUT2D eigenvalue weighted by Gasteiger charge is 2.08. The molecule has 1 aromatic carbocycles. The van der Waals surface area contributed by atoms with Gasteiger partial charge in [-0.2, -0.15) is 10.4 Å². The van der Waals surface area contributed by atoms with Crippen LogP contribution in [0.25, 0.3) is 10.9 Å². The lowest BCUT2D eigenvalue weighted by Crippen LogP contribution is -2.13. The number of aryl methyl sites for hydroxylation is 3. The summed E-state index contributed by atoms with van der Waals surface area (Å²) in [5.74, 6) is -0.0236. The SMILES string of the molecule is Cc1cn(CCC(=O)Nc2cnn(CCCCC#N)c2)c2ccccc12. The van der Waals surface area contributed by atoms with Crippen LogP contribution in [0.3, 0.4) is 0 Å². The molecule has 3 aromatic rings. The Kier molecular flexibility index (Phi) is 5.69. The molecule has 0 unspecified atom stereocenters. The van der Waals surface area contributed by atoms with Gasteiger partial charge in [-0.15, -0.1) is 0 Å². The Bertz CT molecular complexity index is 931. The largest absolute Gasteiger partial charge is 0.347 e. The molecule has 6 heteroatoms. The van der Waals surface area contributed by atoms with Gasteiger partial charge in [0.2, 0.25) is 5.91 Å². The number of nitrogens with one attached hydrogen (secondary N) is 1. The molecule has 0 atom stereocenters. The van der Waals surface area contributed by atoms with Crippen LogP contribution >= 0.6 is 0 Å². The van der Waals surface area contributed by atoms with Crippen molar-refractivity contribution in [1.82, 2.24) is 14.3 Å². The average molecular weight is 349 g/mol. The number of carbonyl (C=O) groups excluding carboxylic acids is 1. The van der Waals surface area contributed by atoms with Crippen molar-refractivity contribution in [3.8, 4) is 6.07 Å². The smallest absolute Gasteiger partial charge is 0.226 e. The molecule has 0 bridgehead atoms. The zero-order chi connectivity index (χ0) is 18.4. The lowest BCUT2D eigenvalue weighted by molar-refractivity contribution is -0.116. The van der Waals surface area contributed by atoms with Gasteiger partial charge in [0.15, 0.2) is 0 Å². The fourth-order valence-corrected chi connectivity index (χ4v) is 3.09. The molecule has 0 aliphatic heterocycles. The molecular formula is C20H23N5O. The van der Waals surface area contributed by atoms with E-state index in [9.17, 15) is 4.79 Å². The third-order valence-corrected chi connectivity index (χ3v) is 4.41. The van der Waals surface area contributed by atoms with Crippen LogP contribution < -0.4 is 5.32 Å². The average Bonchev–Trinajstić information content (AvgIpc) is 3.22. The molecule has 0 saturated heterocycles. The minimum Gasteiger partial charge on any atom is -0.347 e. The minimum atomic E-state index is -0.0236. The second kappa shape index (κ2) is 8.34. The number of fused-ring (bicyclic) bond motifs is 1. The molecule has 1 amide bonds. The van der Waals surface area contributed by atoms with E-state index >= 15 is 0 Å². The third-order valence-electron chi connectivity index (χ3n) is 4.41. The van der Waals surface area contributed by atoms with Crippen molar-refractivity contribution in [3.05, 3.63) is 48.4 Å². The topological polar surface area (TPSA) is 75.6 Å². The summed E-state index contributed by atoms with van der Waals surface area (Å²) in [6.07, 6.45) is 8.34. The van der Waals surface area contributed by atoms with Gasteiger partial charge in [0, 0.05) is 49.2 Å². The number of nitriles is 1. The molecule has 1 N–H and O–H groups in total. The summed E-state index contributed by atoms with van der Waals surface area (Å²) in [6.45, 7) is 3.48. The summed E-state index contributed by atoms with van der Waals surface area (Å²) in [7, 11) is 0. The molecule has 0 aliphatic rings. The highest BCUT2D eigenvalue weighted by molar-refractivity contribution is 5.90. The lowest BCUT2D eigenvalue weighted by Gasteiger charge is -2.06. The maximum Gasteiger partial charge on any atom is 0.226 e. The summed E-state index contributed by atoms with van der Waals surface area (Å²) in [5.41, 5.74) is 3.09. The van der Waals surface area contributed by atoms with Crippen LogP contribution in [0.2, 0.25) is 0 Å². The number of para-hydroxylation sites is 1. The normalized spacial score (nSPS) is 10.8. The molecular weight excluding hydrogens is 326 g/mol. The number of unbranched alkanes of at least 4 members (excludes halogenated alkanes) is 2. The van der Waals surface area contributed by atoms with Crippen LogP contribution in [-0.4, -0.2) is 20.3 Å². The molecule has 3 rings (SSSR count). The molecule has 0 spiro atoms. The maximum atomic E-state index is 12.2. The van der Waals surface area contributed by atoms with E-state index in [0.29, 0.717) is 25.1 Å². The number of anilines is 1. The van der Waals surface area contributed by atoms with E-state index < -0.39 is 0 Å². The van der Waals surface area contributed by atoms with Crippen LogP contribution in [0.1, 0.15) is 31.2 Å². The van der Waals surface area contributed by atoms with E-state index in [4.69, 9.17) is 5.26 Å². The van der Waals surface area contributed by atoms with Gasteiger partial charge >= 0.3 is 0 Å². The van der Waals surface area contributed by atoms with Gasteiger partial charge < -0.3 is 9.88 Å². The monoisotopic (exact) mass is 349 g/mol. The molecule has 0 aliphatic carbocycles. The van der Waals surface area contributed by atoms with Crippen molar-refractivity contribution in [2.75, 3.05) is 5.32 Å². The summed E-state index contributed by atoms with van der Waals surface area (Å²) in [4.78, 5) is 12.2. The molecule has 0 fully saturated rings. The first-order valence-corrected chi connectivity index (χ1v) is 8.91. The van der Waals surface area contributed by atoms with Gasteiger partial charge in [-0.3, -0.25) is 9.48 Å². The zero-order valence-electron chi connectivity index (χ0n) is 15.0. The van der Waals surface area contributed by atoms with Crippen molar-refractivity contribution < 1.29 is 4.79 Å². The molecule has 134 valence electrons. The van der Waals surface area contributed by atoms with E-state index in [0.717, 1.165) is 24.9 Å². The number of amides is 1. The standard InChI is InChI=1S/C20H23N5O/c1-16-14-24(19-8-4-3-7-18(16)19)12-9-20(26)23-17-13-22-25(15-17)11-6-2-5-10-21/h3-4,7-8,13-15H,2,5-6,9,11-12H2,1H3,(H,23,26). The Balaban J connectivity index is 1.51. The summed E-state index contributed by atoms with van der Waals surface area (Å²) < 4.78 is 3.93. The third kappa shape index (κ3) is 4.31. The van der Waals surface area contributed by atoms with Crippen LogP contribution in [-0.2, 0) is 17.9 Å². The van der Waals surface area contributed by atoms with Gasteiger partial charge in [-0.05, 0) is 31.4 Å². The van der Waals surface area contributed by atoms with E-state index in [-0.39, 0.29) is 5.91 Å². The van der Waals surface area contributed by atoms with Crippen LogP contribution in [0, 0.1) is 18.3 Å². The molecule has 2 heterocycles. The van der Waals surface area contributed by atoms with Gasteiger partial charge in [0.05, 0.1) is 18.0 Å². The van der Waals surface area contributed by atoms with Crippen molar-refractivity contribution in [1.29, 1.82) is 5.26 Å². The van der Waals surface area contributed by atoms with Gasteiger partial charge in [-0.25, -0.2) is 0 Å². The molecule has 6 nitrogen and oxygen atoms in total. The fraction of sp³-hybridized carbons (Fsp3) is 0.350. The Morgan fingerprint density at radius 1 is 1.23 bits per heavy atom. The Hall–Kier alpha value is -3.07. The van der Waals surface area contributed by atoms with Gasteiger partial charge in [0.1, 0.15) is 0 Å². The quantitative estimate of drug-likeness (QED) is 0.627. The van der Waals surface area contributed by atoms with Crippen molar-refractivity contribution in [2.24, 2.45) is 0 Å². The van der Waals surface area contributed by atoms with Crippen LogP contribution in [0.4, 0.5) is 5.69 Å². The van der Waals surface area contributed by atoms with E-state index in [1.165, 1.54) is 10.9 Å². The van der Waals surface area contributed by atoms with Gasteiger partial charge in [0.25, 0.3) is 0 Å². The predicted octanol–water partition coefficient (Wildman–Crippen LogP) is 3.87. The Labute approximate surface area is 153 Å². The minimum absolute atomic E-state index is 0.0236. The fourth-order valence-electron chi connectivity index (χ4n) is 3.09. The van der Waals surface area contributed by atoms with Crippen molar-refractivity contribution in [2.45, 2.75) is 45.7 Å². The van der Waals surface area contributed by atoms with E-state index in [1.807, 2.05) is 18.3 Å². The first-order valence-electron chi connectivity index (χ1n) is 8.91. The Morgan fingerprint density at radius 3 is 2.92 bits per heavy atom. The molecule has 2 aromatic heterocycles. The van der Waals surface area contributed by atoms with Gasteiger partial charge in [-0.1, -0.05) is 18.2 Å². The van der Waals surface area contributed by atoms with Crippen molar-refractivity contribution in [3.63, 3.8) is 0 Å². The van der Waals surface area contributed by atoms with Crippen molar-refractivity contribution >= 4 is 22.5 Å². The molecule has 0 radical (unpaired) electrons. The second-order valence-electron chi connectivity index (χ2n) is 6.43. The molecule has 26 heavy (non-hydrogen) atoms. The maximum absolute atomic E-state index is 12.2. The Morgan fingerprint density at radius 2 is 2.08 bits per heavy atom. The second-order valence-corrected chi connectivity index (χ2v) is 6.43. The number of rotatable bonds is 8. The highest BCUT2D eigenvalue weighted by Crippen LogP contribution is 2.20. The number of benzene rings is 1. The predicted molar refractivity (Wildman–Crippen MR) is 102 cm³/mol. The first kappa shape index (κ1) is 17.7. The van der Waals surface area contributed by atoms with E-state index in [1.54, 1.807) is 10.9 Å². The highest BCUT2D eigenvalue weighted by atomic mass is 16.1. The van der Waals surface area contributed by atoms with Crippen LogP contribution in [0.15, 0.2) is 42.9 Å². The number of nitrogens with zero attached hydrogens (tertiary/aromatic N) is 4. The van der Waals surface area contributed by atoms with Crippen LogP contribution in [0.5, 0.6) is 0 Å². The number of hydrogen-bond donors (Lipinski definition) is 1. The zero-order valence-corrected chi connectivity index (χ0v) is 15.0. The molecule has 0 saturated carbocycles.